The van der Waals surface area contributed by atoms with Gasteiger partial charge in [0.2, 0.25) is 11.8 Å². The van der Waals surface area contributed by atoms with E-state index in [1.165, 1.54) is 0 Å². The maximum absolute atomic E-state index is 6.13. The number of morpholine rings is 1. The summed E-state index contributed by atoms with van der Waals surface area (Å²) in [5.41, 5.74) is 2.08. The van der Waals surface area contributed by atoms with Gasteiger partial charge in [-0.1, -0.05) is 18.5 Å². The number of nitrogens with one attached hydrogen (secondary N) is 1. The lowest BCUT2D eigenvalue weighted by molar-refractivity contribution is 0.123. The van der Waals surface area contributed by atoms with Crippen LogP contribution in [0.2, 0.25) is 5.02 Å². The minimum absolute atomic E-state index is 0.477. The summed E-state index contributed by atoms with van der Waals surface area (Å²) in [5, 5.41) is 12.0. The van der Waals surface area contributed by atoms with Gasteiger partial charge in [-0.15, -0.1) is 10.2 Å². The summed E-state index contributed by atoms with van der Waals surface area (Å²) in [6.07, 6.45) is 0.739. The van der Waals surface area contributed by atoms with Crippen LogP contribution >= 0.6 is 11.6 Å². The van der Waals surface area contributed by atoms with E-state index in [0.717, 1.165) is 44.1 Å². The molecular weight excluding hydrogens is 304 g/mol. The number of aromatic nitrogens is 2. The quantitative estimate of drug-likeness (QED) is 0.913. The van der Waals surface area contributed by atoms with E-state index in [0.29, 0.717) is 23.3 Å². The third-order valence-electron chi connectivity index (χ3n) is 3.55. The van der Waals surface area contributed by atoms with Gasteiger partial charge in [0.15, 0.2) is 0 Å². The van der Waals surface area contributed by atoms with Gasteiger partial charge in [0.25, 0.3) is 0 Å². The van der Waals surface area contributed by atoms with Gasteiger partial charge in [-0.25, -0.2) is 0 Å². The Kier molecular flexibility index (Phi) is 4.80. The van der Waals surface area contributed by atoms with Crippen molar-refractivity contribution >= 4 is 23.0 Å². The van der Waals surface area contributed by atoms with Gasteiger partial charge in [0.05, 0.1) is 31.1 Å². The van der Waals surface area contributed by atoms with Crippen LogP contribution in [0.1, 0.15) is 18.7 Å². The molecule has 0 amide bonds. The highest BCUT2D eigenvalue weighted by molar-refractivity contribution is 6.31. The summed E-state index contributed by atoms with van der Waals surface area (Å²) in [4.78, 5) is 2.29. The van der Waals surface area contributed by atoms with Crippen molar-refractivity contribution in [1.29, 1.82) is 0 Å². The highest BCUT2D eigenvalue weighted by atomic mass is 35.5. The Morgan fingerprint density at radius 2 is 2.00 bits per heavy atom. The number of halogens is 1. The molecule has 0 radical (unpaired) electrons. The number of benzene rings is 1. The van der Waals surface area contributed by atoms with Gasteiger partial charge in [-0.2, -0.15) is 0 Å². The molecule has 0 aliphatic carbocycles. The lowest BCUT2D eigenvalue weighted by Gasteiger charge is -2.30. The zero-order chi connectivity index (χ0) is 15.4. The summed E-state index contributed by atoms with van der Waals surface area (Å²) < 4.78 is 10.9. The molecule has 22 heavy (non-hydrogen) atoms. The highest BCUT2D eigenvalue weighted by Crippen LogP contribution is 2.30. The second kappa shape index (κ2) is 6.98. The Morgan fingerprint density at radius 3 is 2.73 bits per heavy atom. The Balaban J connectivity index is 1.74. The van der Waals surface area contributed by atoms with E-state index in [1.807, 2.05) is 25.1 Å². The van der Waals surface area contributed by atoms with Crippen LogP contribution in [0.15, 0.2) is 22.6 Å². The maximum Gasteiger partial charge on any atom is 0.235 e. The summed E-state index contributed by atoms with van der Waals surface area (Å²) in [5.74, 6) is 1.22. The number of hydrogen-bond donors (Lipinski definition) is 1. The molecule has 2 aromatic rings. The van der Waals surface area contributed by atoms with Crippen LogP contribution in [0.3, 0.4) is 0 Å². The highest BCUT2D eigenvalue weighted by Gasteiger charge is 2.15. The second-order valence-corrected chi connectivity index (χ2v) is 5.49. The van der Waals surface area contributed by atoms with Gasteiger partial charge in [0.1, 0.15) is 0 Å². The fraction of sp³-hybridized carbons (Fsp3) is 0.467. The van der Waals surface area contributed by atoms with Crippen LogP contribution in [-0.4, -0.2) is 36.5 Å². The lowest BCUT2D eigenvalue weighted by atomic mass is 10.2. The summed E-state index contributed by atoms with van der Waals surface area (Å²) >= 11 is 6.13. The number of rotatable bonds is 5. The van der Waals surface area contributed by atoms with Gasteiger partial charge in [-0.3, -0.25) is 0 Å². The van der Waals surface area contributed by atoms with E-state index < -0.39 is 0 Å². The molecule has 1 fully saturated rings. The van der Waals surface area contributed by atoms with E-state index >= 15 is 0 Å². The van der Waals surface area contributed by atoms with Crippen LogP contribution in [0, 0.1) is 0 Å². The first-order chi connectivity index (χ1) is 10.8. The molecule has 3 rings (SSSR count). The first kappa shape index (κ1) is 15.1. The normalized spacial score (nSPS) is 15.1. The van der Waals surface area contributed by atoms with E-state index in [4.69, 9.17) is 20.8 Å². The number of hydrogen-bond acceptors (Lipinski definition) is 6. The third-order valence-corrected chi connectivity index (χ3v) is 3.79. The Bertz CT molecular complexity index is 626. The van der Waals surface area contributed by atoms with Gasteiger partial charge < -0.3 is 19.4 Å². The molecule has 0 atom stereocenters. The van der Waals surface area contributed by atoms with Crippen molar-refractivity contribution in [1.82, 2.24) is 10.2 Å². The summed E-state index contributed by atoms with van der Waals surface area (Å²) in [7, 11) is 0. The molecule has 118 valence electrons. The predicted molar refractivity (Wildman–Crippen MR) is 85.5 cm³/mol. The molecule has 1 N–H and O–H groups in total. The molecule has 0 unspecified atom stereocenters. The monoisotopic (exact) mass is 322 g/mol. The lowest BCUT2D eigenvalue weighted by Crippen LogP contribution is -2.36. The van der Waals surface area contributed by atoms with Crippen molar-refractivity contribution in [2.75, 3.05) is 36.5 Å². The maximum atomic E-state index is 6.13. The fourth-order valence-corrected chi connectivity index (χ4v) is 2.58. The zero-order valence-corrected chi connectivity index (χ0v) is 13.3. The molecule has 2 heterocycles. The first-order valence-corrected chi connectivity index (χ1v) is 7.81. The fourth-order valence-electron chi connectivity index (χ4n) is 2.40. The molecule has 1 aliphatic rings. The average Bonchev–Trinajstić information content (AvgIpc) is 3.02. The topological polar surface area (TPSA) is 63.4 Å². The van der Waals surface area contributed by atoms with Crippen molar-refractivity contribution in [3.05, 3.63) is 35.0 Å². The summed E-state index contributed by atoms with van der Waals surface area (Å²) in [6.45, 7) is 5.69. The van der Waals surface area contributed by atoms with Gasteiger partial charge >= 0.3 is 0 Å². The smallest absolute Gasteiger partial charge is 0.235 e. The largest absolute Gasteiger partial charge is 0.423 e. The molecule has 6 nitrogen and oxygen atoms in total. The molecule has 0 bridgehead atoms. The van der Waals surface area contributed by atoms with Crippen molar-refractivity contribution in [3.63, 3.8) is 0 Å². The van der Waals surface area contributed by atoms with Gasteiger partial charge in [-0.05, 0) is 18.2 Å². The average molecular weight is 323 g/mol. The summed E-state index contributed by atoms with van der Waals surface area (Å²) in [6, 6.07) is 5.85. The number of anilines is 2. The SMILES string of the molecule is CCc1nnc(CNc2cc(Cl)ccc2N2CCOCC2)o1. The molecule has 0 saturated carbocycles. The molecule has 7 heteroatoms. The molecule has 1 aromatic heterocycles. The molecule has 1 aliphatic heterocycles. The van der Waals surface area contributed by atoms with Crippen molar-refractivity contribution in [2.24, 2.45) is 0 Å². The minimum Gasteiger partial charge on any atom is -0.423 e. The minimum atomic E-state index is 0.477. The van der Waals surface area contributed by atoms with Crippen LogP contribution in [0.4, 0.5) is 11.4 Å². The van der Waals surface area contributed by atoms with E-state index in [9.17, 15) is 0 Å². The second-order valence-electron chi connectivity index (χ2n) is 5.06. The number of nitrogens with zero attached hydrogens (tertiary/aromatic N) is 3. The molecule has 1 saturated heterocycles. The Labute approximate surface area is 134 Å². The predicted octanol–water partition coefficient (Wildman–Crippen LogP) is 2.73. The van der Waals surface area contributed by atoms with E-state index in [1.54, 1.807) is 0 Å². The Hall–Kier alpha value is -1.79. The zero-order valence-electron chi connectivity index (χ0n) is 12.5. The Morgan fingerprint density at radius 1 is 1.23 bits per heavy atom. The number of ether oxygens (including phenoxy) is 1. The van der Waals surface area contributed by atoms with Crippen LogP contribution in [-0.2, 0) is 17.7 Å². The molecular formula is C15H19ClN4O2. The molecule has 0 spiro atoms. The first-order valence-electron chi connectivity index (χ1n) is 7.43. The van der Waals surface area contributed by atoms with Crippen molar-refractivity contribution < 1.29 is 9.15 Å². The third kappa shape index (κ3) is 3.51. The van der Waals surface area contributed by atoms with E-state index in [2.05, 4.69) is 20.4 Å². The van der Waals surface area contributed by atoms with E-state index in [-0.39, 0.29) is 0 Å². The van der Waals surface area contributed by atoms with Crippen molar-refractivity contribution in [3.8, 4) is 0 Å². The van der Waals surface area contributed by atoms with Gasteiger partial charge in [0, 0.05) is 24.5 Å². The standard InChI is InChI=1S/C15H19ClN4O2/c1-2-14-18-19-15(22-14)10-17-12-9-11(16)3-4-13(12)20-5-7-21-8-6-20/h3-4,9,17H,2,5-8,10H2,1H3. The van der Waals surface area contributed by atoms with Crippen molar-refractivity contribution in [2.45, 2.75) is 19.9 Å². The van der Waals surface area contributed by atoms with Crippen LogP contribution in [0.25, 0.3) is 0 Å². The number of aryl methyl sites for hydroxylation is 1. The molecule has 1 aromatic carbocycles. The van der Waals surface area contributed by atoms with Crippen LogP contribution in [0.5, 0.6) is 0 Å². The van der Waals surface area contributed by atoms with Crippen LogP contribution < -0.4 is 10.2 Å².